The summed E-state index contributed by atoms with van der Waals surface area (Å²) in [7, 11) is 3.23. The Balaban J connectivity index is 1.62. The molecule has 4 aromatic rings. The molecule has 1 amide bonds. The topological polar surface area (TPSA) is 69.4 Å². The van der Waals surface area contributed by atoms with Crippen molar-refractivity contribution in [2.24, 2.45) is 0 Å². The number of pyridine rings is 1. The highest BCUT2D eigenvalue weighted by molar-refractivity contribution is 5.95. The molecule has 7 heteroatoms. The second-order valence-corrected chi connectivity index (χ2v) is 7.84. The molecule has 0 aliphatic rings. The first-order chi connectivity index (χ1) is 16.0. The van der Waals surface area contributed by atoms with Gasteiger partial charge in [-0.05, 0) is 36.2 Å². The molecule has 2 aromatic carbocycles. The van der Waals surface area contributed by atoms with Crippen LogP contribution in [0.1, 0.15) is 27.3 Å². The fourth-order valence-corrected chi connectivity index (χ4v) is 3.80. The highest BCUT2D eigenvalue weighted by Crippen LogP contribution is 2.21. The van der Waals surface area contributed by atoms with E-state index in [1.165, 1.54) is 9.47 Å². The van der Waals surface area contributed by atoms with Gasteiger partial charge in [0, 0.05) is 32.2 Å². The van der Waals surface area contributed by atoms with E-state index < -0.39 is 0 Å². The van der Waals surface area contributed by atoms with Crippen molar-refractivity contribution in [1.29, 1.82) is 0 Å². The van der Waals surface area contributed by atoms with Crippen LogP contribution in [0.4, 0.5) is 0 Å². The highest BCUT2D eigenvalue weighted by Gasteiger charge is 2.22. The fourth-order valence-electron chi connectivity index (χ4n) is 3.80. The molecule has 0 saturated carbocycles. The van der Waals surface area contributed by atoms with Crippen molar-refractivity contribution < 1.29 is 9.53 Å². The van der Waals surface area contributed by atoms with Crippen molar-refractivity contribution in [2.45, 2.75) is 20.0 Å². The molecule has 0 N–H and O–H groups in total. The van der Waals surface area contributed by atoms with Gasteiger partial charge in [-0.1, -0.05) is 42.5 Å². The number of hydrogen-bond donors (Lipinski definition) is 0. The van der Waals surface area contributed by atoms with Gasteiger partial charge in [0.05, 0.1) is 19.3 Å². The number of benzene rings is 2. The number of rotatable bonds is 7. The number of para-hydroxylation sites is 2. The largest absolute Gasteiger partial charge is 0.495 e. The lowest BCUT2D eigenvalue weighted by Gasteiger charge is -2.20. The van der Waals surface area contributed by atoms with Gasteiger partial charge in [0.15, 0.2) is 0 Å². The number of amides is 1. The quantitative estimate of drug-likeness (QED) is 0.438. The second kappa shape index (κ2) is 9.56. The summed E-state index contributed by atoms with van der Waals surface area (Å²) in [6, 6.07) is 19.0. The van der Waals surface area contributed by atoms with Gasteiger partial charge in [-0.25, -0.2) is 4.98 Å². The van der Waals surface area contributed by atoms with E-state index in [1.54, 1.807) is 51.7 Å². The molecule has 7 nitrogen and oxygen atoms in total. The van der Waals surface area contributed by atoms with Crippen molar-refractivity contribution in [1.82, 2.24) is 19.0 Å². The average Bonchev–Trinajstić information content (AvgIpc) is 3.26. The number of hydrogen-bond acceptors (Lipinski definition) is 4. The monoisotopic (exact) mass is 442 g/mol. The molecule has 0 unspecified atom stereocenters. The van der Waals surface area contributed by atoms with Gasteiger partial charge in [0.2, 0.25) is 0 Å². The molecule has 33 heavy (non-hydrogen) atoms. The molecular formula is C26H26N4O3. The van der Waals surface area contributed by atoms with Gasteiger partial charge in [0.25, 0.3) is 11.5 Å². The number of nitrogens with zero attached hydrogens (tertiary/aromatic N) is 4. The van der Waals surface area contributed by atoms with Gasteiger partial charge in [-0.3, -0.25) is 14.2 Å². The van der Waals surface area contributed by atoms with E-state index in [9.17, 15) is 9.59 Å². The average molecular weight is 443 g/mol. The lowest BCUT2D eigenvalue weighted by atomic mass is 10.1. The van der Waals surface area contributed by atoms with E-state index in [-0.39, 0.29) is 23.6 Å². The summed E-state index contributed by atoms with van der Waals surface area (Å²) in [5.74, 6) is 0.947. The molecule has 0 aliphatic carbocycles. The molecule has 0 atom stereocenters. The molecule has 2 heterocycles. The Morgan fingerprint density at radius 1 is 1.03 bits per heavy atom. The van der Waals surface area contributed by atoms with E-state index in [4.69, 9.17) is 4.74 Å². The van der Waals surface area contributed by atoms with Crippen LogP contribution in [0.15, 0.2) is 84.0 Å². The van der Waals surface area contributed by atoms with Crippen molar-refractivity contribution in [3.05, 3.63) is 112 Å². The number of imidazole rings is 1. The fraction of sp³-hybridized carbons (Fsp3) is 0.192. The summed E-state index contributed by atoms with van der Waals surface area (Å²) in [6.45, 7) is 2.70. The Kier molecular flexibility index (Phi) is 6.40. The van der Waals surface area contributed by atoms with Crippen LogP contribution < -0.4 is 10.3 Å². The second-order valence-electron chi connectivity index (χ2n) is 7.84. The highest BCUT2D eigenvalue weighted by atomic mass is 16.5. The molecule has 168 valence electrons. The zero-order valence-electron chi connectivity index (χ0n) is 18.9. The van der Waals surface area contributed by atoms with Crippen LogP contribution >= 0.6 is 0 Å². The SMILES string of the molecule is COc1ccccc1-n1ccc(C)c(C(=O)N(C)Cc2nccn2Cc2ccccc2)c1=O. The summed E-state index contributed by atoms with van der Waals surface area (Å²) in [6.07, 6.45) is 5.28. The van der Waals surface area contributed by atoms with E-state index in [0.717, 1.165) is 11.4 Å². The summed E-state index contributed by atoms with van der Waals surface area (Å²) in [5, 5.41) is 0. The molecule has 0 bridgehead atoms. The number of carbonyl (C=O) groups excluding carboxylic acids is 1. The van der Waals surface area contributed by atoms with Gasteiger partial charge < -0.3 is 14.2 Å². The Morgan fingerprint density at radius 3 is 2.52 bits per heavy atom. The maximum atomic E-state index is 13.4. The van der Waals surface area contributed by atoms with Crippen molar-refractivity contribution in [3.8, 4) is 11.4 Å². The Hall–Kier alpha value is -4.13. The first kappa shape index (κ1) is 22.1. The van der Waals surface area contributed by atoms with E-state index >= 15 is 0 Å². The smallest absolute Gasteiger partial charge is 0.268 e. The van der Waals surface area contributed by atoms with Crippen molar-refractivity contribution in [2.75, 3.05) is 14.2 Å². The Morgan fingerprint density at radius 2 is 1.76 bits per heavy atom. The van der Waals surface area contributed by atoms with Crippen LogP contribution in [0, 0.1) is 6.92 Å². The minimum absolute atomic E-state index is 0.132. The minimum Gasteiger partial charge on any atom is -0.495 e. The third-order valence-corrected chi connectivity index (χ3v) is 5.58. The van der Waals surface area contributed by atoms with Crippen molar-refractivity contribution >= 4 is 5.91 Å². The number of carbonyl (C=O) groups is 1. The van der Waals surface area contributed by atoms with E-state index in [1.807, 2.05) is 53.2 Å². The summed E-state index contributed by atoms with van der Waals surface area (Å²) >= 11 is 0. The lowest BCUT2D eigenvalue weighted by Crippen LogP contribution is -2.35. The molecule has 0 saturated heterocycles. The van der Waals surface area contributed by atoms with Crippen LogP contribution in [0.5, 0.6) is 5.75 Å². The maximum Gasteiger partial charge on any atom is 0.268 e. The van der Waals surface area contributed by atoms with E-state index in [2.05, 4.69) is 4.98 Å². The zero-order valence-corrected chi connectivity index (χ0v) is 18.9. The lowest BCUT2D eigenvalue weighted by molar-refractivity contribution is 0.0777. The number of methoxy groups -OCH3 is 1. The normalized spacial score (nSPS) is 10.8. The van der Waals surface area contributed by atoms with Crippen LogP contribution in [0.2, 0.25) is 0 Å². The Bertz CT molecular complexity index is 1320. The standard InChI is InChI=1S/C26H26N4O3/c1-19-13-15-30(21-11-7-8-12-22(21)33-3)26(32)24(19)25(31)28(2)18-23-27-14-16-29(23)17-20-9-5-4-6-10-20/h4-16H,17-18H2,1-3H3. The maximum absolute atomic E-state index is 13.4. The van der Waals surface area contributed by atoms with Gasteiger partial charge >= 0.3 is 0 Å². The van der Waals surface area contributed by atoms with Gasteiger partial charge in [0.1, 0.15) is 17.1 Å². The van der Waals surface area contributed by atoms with Crippen molar-refractivity contribution in [3.63, 3.8) is 0 Å². The predicted octanol–water partition coefficient (Wildman–Crippen LogP) is 3.67. The molecule has 2 aromatic heterocycles. The first-order valence-electron chi connectivity index (χ1n) is 10.6. The summed E-state index contributed by atoms with van der Waals surface area (Å²) < 4.78 is 8.85. The van der Waals surface area contributed by atoms with Crippen LogP contribution in [0.25, 0.3) is 5.69 Å². The number of aryl methyl sites for hydroxylation is 1. The molecule has 0 fully saturated rings. The van der Waals surface area contributed by atoms with Crippen LogP contribution in [0.3, 0.4) is 0 Å². The predicted molar refractivity (Wildman–Crippen MR) is 127 cm³/mol. The Labute approximate surface area is 192 Å². The summed E-state index contributed by atoms with van der Waals surface area (Å²) in [4.78, 5) is 32.7. The molecule has 4 rings (SSSR count). The van der Waals surface area contributed by atoms with Crippen LogP contribution in [-0.2, 0) is 13.1 Å². The molecule has 0 aliphatic heterocycles. The third-order valence-electron chi connectivity index (χ3n) is 5.58. The van der Waals surface area contributed by atoms with Gasteiger partial charge in [-0.2, -0.15) is 0 Å². The molecule has 0 spiro atoms. The van der Waals surface area contributed by atoms with E-state index in [0.29, 0.717) is 23.5 Å². The number of ether oxygens (including phenoxy) is 1. The minimum atomic E-state index is -0.385. The van der Waals surface area contributed by atoms with Crippen LogP contribution in [-0.4, -0.2) is 39.1 Å². The number of aromatic nitrogens is 3. The molecular weight excluding hydrogens is 416 g/mol. The zero-order chi connectivity index (χ0) is 23.4. The first-order valence-corrected chi connectivity index (χ1v) is 10.6. The van der Waals surface area contributed by atoms with Gasteiger partial charge in [-0.15, -0.1) is 0 Å². The third kappa shape index (κ3) is 4.57. The summed E-state index contributed by atoms with van der Waals surface area (Å²) in [5.41, 5.74) is 2.09. The molecule has 0 radical (unpaired) electrons.